The molecule has 0 spiro atoms. The predicted octanol–water partition coefficient (Wildman–Crippen LogP) is 1.24. The van der Waals surface area contributed by atoms with E-state index in [0.717, 1.165) is 45.8 Å². The first kappa shape index (κ1) is 13.6. The van der Waals surface area contributed by atoms with Gasteiger partial charge in [0.05, 0.1) is 13.2 Å². The van der Waals surface area contributed by atoms with Crippen LogP contribution in [0.5, 0.6) is 0 Å². The van der Waals surface area contributed by atoms with Crippen LogP contribution >= 0.6 is 0 Å². The highest BCUT2D eigenvalue weighted by Gasteiger charge is 2.43. The molecule has 3 rings (SSSR count). The van der Waals surface area contributed by atoms with Gasteiger partial charge in [-0.05, 0) is 17.9 Å². The molecule has 2 atom stereocenters. The third-order valence-corrected chi connectivity index (χ3v) is 4.19. The number of carbonyl (C=O) groups excluding carboxylic acids is 1. The lowest BCUT2D eigenvalue weighted by Crippen LogP contribution is -2.41. The molecular weight excluding hydrogens is 252 g/mol. The van der Waals surface area contributed by atoms with Crippen LogP contribution in [-0.4, -0.2) is 50.2 Å². The lowest BCUT2D eigenvalue weighted by atomic mass is 10.1. The van der Waals surface area contributed by atoms with Gasteiger partial charge in [-0.15, -0.1) is 0 Å². The molecular formula is C16H22N2O2. The third-order valence-electron chi connectivity index (χ3n) is 4.19. The Morgan fingerprint density at radius 3 is 2.75 bits per heavy atom. The summed E-state index contributed by atoms with van der Waals surface area (Å²) in [6, 6.07) is 10.3. The van der Waals surface area contributed by atoms with Crippen LogP contribution < -0.4 is 5.32 Å². The molecule has 20 heavy (non-hydrogen) atoms. The van der Waals surface area contributed by atoms with Crippen molar-refractivity contribution < 1.29 is 9.53 Å². The van der Waals surface area contributed by atoms with Crippen molar-refractivity contribution in [1.82, 2.24) is 10.2 Å². The maximum atomic E-state index is 12.1. The summed E-state index contributed by atoms with van der Waals surface area (Å²) in [7, 11) is 0. The Bertz CT molecular complexity index is 443. The van der Waals surface area contributed by atoms with Crippen molar-refractivity contribution in [1.29, 1.82) is 0 Å². The number of amides is 1. The van der Waals surface area contributed by atoms with Gasteiger partial charge < -0.3 is 10.1 Å². The zero-order chi connectivity index (χ0) is 13.8. The van der Waals surface area contributed by atoms with Crippen molar-refractivity contribution in [2.75, 3.05) is 39.4 Å². The molecule has 1 N–H and O–H groups in total. The van der Waals surface area contributed by atoms with Crippen molar-refractivity contribution >= 4 is 5.91 Å². The van der Waals surface area contributed by atoms with Gasteiger partial charge in [-0.1, -0.05) is 30.3 Å². The summed E-state index contributed by atoms with van der Waals surface area (Å²) in [6.07, 6.45) is 0.993. The van der Waals surface area contributed by atoms with Gasteiger partial charge in [0.15, 0.2) is 0 Å². The number of hydrogen-bond donors (Lipinski definition) is 1. The van der Waals surface area contributed by atoms with Gasteiger partial charge in [0.1, 0.15) is 0 Å². The van der Waals surface area contributed by atoms with Crippen LogP contribution in [0.1, 0.15) is 17.9 Å². The molecule has 108 valence electrons. The molecule has 0 bridgehead atoms. The zero-order valence-electron chi connectivity index (χ0n) is 11.8. The van der Waals surface area contributed by atoms with Crippen LogP contribution in [0.3, 0.4) is 0 Å². The van der Waals surface area contributed by atoms with E-state index in [1.807, 2.05) is 18.2 Å². The van der Waals surface area contributed by atoms with Crippen molar-refractivity contribution in [3.63, 3.8) is 0 Å². The fraction of sp³-hybridized carbons (Fsp3) is 0.562. The smallest absolute Gasteiger partial charge is 0.223 e. The minimum atomic E-state index is 0.182. The standard InChI is InChI=1S/C16H22N2O2/c19-16(17-6-7-18-8-10-20-11-9-18)15-12-14(15)13-4-2-1-3-5-13/h1-5,14-15H,6-12H2,(H,17,19)/t14-,15-/m0/s1. The molecule has 4 nitrogen and oxygen atoms in total. The van der Waals surface area contributed by atoms with E-state index >= 15 is 0 Å². The molecule has 0 aromatic heterocycles. The average Bonchev–Trinajstić information content (AvgIpc) is 3.30. The summed E-state index contributed by atoms with van der Waals surface area (Å²) in [6.45, 7) is 5.26. The second kappa shape index (κ2) is 6.37. The molecule has 1 aromatic carbocycles. The summed E-state index contributed by atoms with van der Waals surface area (Å²) in [5, 5.41) is 3.07. The molecule has 0 unspecified atom stereocenters. The van der Waals surface area contributed by atoms with E-state index in [9.17, 15) is 4.79 Å². The number of morpholine rings is 1. The Labute approximate surface area is 120 Å². The summed E-state index contributed by atoms with van der Waals surface area (Å²) in [5.41, 5.74) is 1.29. The maximum absolute atomic E-state index is 12.1. The molecule has 0 radical (unpaired) electrons. The van der Waals surface area contributed by atoms with Gasteiger partial charge in [-0.25, -0.2) is 0 Å². The highest BCUT2D eigenvalue weighted by Crippen LogP contribution is 2.47. The summed E-state index contributed by atoms with van der Waals surface area (Å²) in [4.78, 5) is 14.4. The van der Waals surface area contributed by atoms with E-state index in [0.29, 0.717) is 5.92 Å². The van der Waals surface area contributed by atoms with Crippen molar-refractivity contribution in [3.05, 3.63) is 35.9 Å². The lowest BCUT2D eigenvalue weighted by Gasteiger charge is -2.26. The maximum Gasteiger partial charge on any atom is 0.223 e. The Hall–Kier alpha value is -1.39. The molecule has 1 aliphatic carbocycles. The lowest BCUT2D eigenvalue weighted by molar-refractivity contribution is -0.122. The highest BCUT2D eigenvalue weighted by molar-refractivity contribution is 5.82. The van der Waals surface area contributed by atoms with Gasteiger partial charge in [0, 0.05) is 32.1 Å². The van der Waals surface area contributed by atoms with E-state index in [4.69, 9.17) is 4.74 Å². The number of hydrogen-bond acceptors (Lipinski definition) is 3. The molecule has 1 aliphatic heterocycles. The van der Waals surface area contributed by atoms with E-state index < -0.39 is 0 Å². The van der Waals surface area contributed by atoms with Crippen LogP contribution in [0.2, 0.25) is 0 Å². The van der Waals surface area contributed by atoms with E-state index in [2.05, 4.69) is 22.3 Å². The molecule has 2 fully saturated rings. The number of carbonyl (C=O) groups is 1. The fourth-order valence-corrected chi connectivity index (χ4v) is 2.85. The number of ether oxygens (including phenoxy) is 1. The Kier molecular flexibility index (Phi) is 4.33. The van der Waals surface area contributed by atoms with Gasteiger partial charge in [-0.2, -0.15) is 0 Å². The molecule has 1 aromatic rings. The van der Waals surface area contributed by atoms with Gasteiger partial charge in [0.25, 0.3) is 0 Å². The molecule has 4 heteroatoms. The molecule has 1 saturated heterocycles. The van der Waals surface area contributed by atoms with Gasteiger partial charge >= 0.3 is 0 Å². The second-order valence-electron chi connectivity index (χ2n) is 5.60. The van der Waals surface area contributed by atoms with Crippen molar-refractivity contribution in [3.8, 4) is 0 Å². The van der Waals surface area contributed by atoms with Gasteiger partial charge in [-0.3, -0.25) is 9.69 Å². The quantitative estimate of drug-likeness (QED) is 0.878. The van der Waals surface area contributed by atoms with Crippen LogP contribution in [0.15, 0.2) is 30.3 Å². The van der Waals surface area contributed by atoms with Crippen LogP contribution in [-0.2, 0) is 9.53 Å². The minimum absolute atomic E-state index is 0.182. The highest BCUT2D eigenvalue weighted by atomic mass is 16.5. The van der Waals surface area contributed by atoms with Crippen LogP contribution in [0.25, 0.3) is 0 Å². The predicted molar refractivity (Wildman–Crippen MR) is 77.6 cm³/mol. The van der Waals surface area contributed by atoms with E-state index in [1.165, 1.54) is 5.56 Å². The largest absolute Gasteiger partial charge is 0.379 e. The average molecular weight is 274 g/mol. The van der Waals surface area contributed by atoms with Crippen molar-refractivity contribution in [2.45, 2.75) is 12.3 Å². The Morgan fingerprint density at radius 1 is 1.25 bits per heavy atom. The van der Waals surface area contributed by atoms with Crippen LogP contribution in [0, 0.1) is 5.92 Å². The molecule has 1 heterocycles. The number of nitrogens with one attached hydrogen (secondary N) is 1. The zero-order valence-corrected chi connectivity index (χ0v) is 11.8. The van der Waals surface area contributed by atoms with E-state index in [1.54, 1.807) is 0 Å². The Morgan fingerprint density at radius 2 is 2.00 bits per heavy atom. The van der Waals surface area contributed by atoms with Gasteiger partial charge in [0.2, 0.25) is 5.91 Å². The topological polar surface area (TPSA) is 41.6 Å². The number of nitrogens with zero attached hydrogens (tertiary/aromatic N) is 1. The third kappa shape index (κ3) is 3.38. The summed E-state index contributed by atoms with van der Waals surface area (Å²) < 4.78 is 5.31. The number of rotatable bonds is 5. The monoisotopic (exact) mass is 274 g/mol. The molecule has 1 saturated carbocycles. The fourth-order valence-electron chi connectivity index (χ4n) is 2.85. The first-order valence-corrected chi connectivity index (χ1v) is 7.47. The summed E-state index contributed by atoms with van der Waals surface area (Å²) >= 11 is 0. The normalized spacial score (nSPS) is 26.2. The van der Waals surface area contributed by atoms with Crippen LogP contribution in [0.4, 0.5) is 0 Å². The Balaban J connectivity index is 1.38. The molecule has 1 amide bonds. The SMILES string of the molecule is O=C(NCCN1CCOCC1)[C@H]1C[C@H]1c1ccccc1. The number of benzene rings is 1. The molecule has 2 aliphatic rings. The van der Waals surface area contributed by atoms with Crippen molar-refractivity contribution in [2.24, 2.45) is 5.92 Å². The van der Waals surface area contributed by atoms with E-state index in [-0.39, 0.29) is 11.8 Å². The second-order valence-corrected chi connectivity index (χ2v) is 5.60. The first-order valence-electron chi connectivity index (χ1n) is 7.47. The first-order chi connectivity index (χ1) is 9.84. The minimum Gasteiger partial charge on any atom is -0.379 e. The summed E-state index contributed by atoms with van der Waals surface area (Å²) in [5.74, 6) is 0.828.